The van der Waals surface area contributed by atoms with Crippen molar-refractivity contribution in [2.45, 2.75) is 38.0 Å². The van der Waals surface area contributed by atoms with Gasteiger partial charge in [-0.2, -0.15) is 0 Å². The number of allylic oxidation sites excluding steroid dienone is 8. The molecule has 3 aromatic heterocycles. The minimum absolute atomic E-state index is 0.262. The van der Waals surface area contributed by atoms with Gasteiger partial charge in [-0.25, -0.2) is 9.97 Å². The zero-order chi connectivity index (χ0) is 35.6. The molecule has 3 heterocycles. The van der Waals surface area contributed by atoms with Crippen molar-refractivity contribution >= 4 is 71.0 Å². The summed E-state index contributed by atoms with van der Waals surface area (Å²) < 4.78 is 5.14. The summed E-state index contributed by atoms with van der Waals surface area (Å²) in [5.41, 5.74) is 11.1. The molecule has 0 N–H and O–H groups in total. The summed E-state index contributed by atoms with van der Waals surface area (Å²) in [5.74, 6) is 1.04. The molecule has 3 aliphatic rings. The fourth-order valence-electron chi connectivity index (χ4n) is 8.91. The predicted molar refractivity (Wildman–Crippen MR) is 228 cm³/mol. The Morgan fingerprint density at radius 1 is 0.630 bits per heavy atom. The van der Waals surface area contributed by atoms with Gasteiger partial charge in [0.05, 0.1) is 16.7 Å². The van der Waals surface area contributed by atoms with E-state index in [-0.39, 0.29) is 5.92 Å². The lowest BCUT2D eigenvalue weighted by Crippen LogP contribution is -2.31. The Balaban J connectivity index is 1.00. The lowest BCUT2D eigenvalue weighted by atomic mass is 9.87. The van der Waals surface area contributed by atoms with E-state index in [9.17, 15) is 0 Å². The van der Waals surface area contributed by atoms with Crippen LogP contribution in [0.15, 0.2) is 157 Å². The van der Waals surface area contributed by atoms with Crippen LogP contribution < -0.4 is 10.6 Å². The second kappa shape index (κ2) is 12.8. The van der Waals surface area contributed by atoms with Crippen LogP contribution in [0.5, 0.6) is 0 Å². The molecule has 258 valence electrons. The Bertz CT molecular complexity index is 3060. The van der Waals surface area contributed by atoms with Gasteiger partial charge in [-0.1, -0.05) is 121 Å². The van der Waals surface area contributed by atoms with Crippen LogP contribution in [0.25, 0.3) is 76.8 Å². The molecule has 0 amide bonds. The number of fused-ring (bicyclic) bond motifs is 8. The van der Waals surface area contributed by atoms with Gasteiger partial charge in [0.15, 0.2) is 5.82 Å². The molecule has 0 saturated carbocycles. The van der Waals surface area contributed by atoms with Crippen molar-refractivity contribution in [2.24, 2.45) is 0 Å². The SMILES string of the molecule is C1=CCCC(C2=CC=C(c3nc(-c4ccc(C5C=c6c(n(-c7ccccc7)c7ccc8sc9ccccc9c8c67)=CC5)cc4)nc4ccccc34)CC2)=C1. The third-order valence-corrected chi connectivity index (χ3v) is 12.7. The van der Waals surface area contributed by atoms with E-state index in [0.29, 0.717) is 0 Å². The molecule has 3 aliphatic carbocycles. The maximum Gasteiger partial charge on any atom is 0.160 e. The van der Waals surface area contributed by atoms with E-state index < -0.39 is 0 Å². The van der Waals surface area contributed by atoms with Crippen molar-refractivity contribution in [3.05, 3.63) is 179 Å². The molecule has 5 aromatic carbocycles. The van der Waals surface area contributed by atoms with Crippen molar-refractivity contribution in [1.82, 2.24) is 14.5 Å². The quantitative estimate of drug-likeness (QED) is 0.178. The first-order valence-corrected chi connectivity index (χ1v) is 19.9. The Labute approximate surface area is 318 Å². The minimum Gasteiger partial charge on any atom is -0.310 e. The molecule has 0 aliphatic heterocycles. The van der Waals surface area contributed by atoms with Crippen LogP contribution >= 0.6 is 11.3 Å². The van der Waals surface area contributed by atoms with E-state index in [4.69, 9.17) is 9.97 Å². The normalized spacial score (nSPS) is 16.9. The molecular formula is C50H37N3S. The fraction of sp³-hybridized carbons (Fsp3) is 0.120. The molecule has 1 unspecified atom stereocenters. The lowest BCUT2D eigenvalue weighted by molar-refractivity contribution is 0.903. The van der Waals surface area contributed by atoms with Crippen LogP contribution in [0.2, 0.25) is 0 Å². The van der Waals surface area contributed by atoms with E-state index in [1.54, 1.807) is 0 Å². The molecule has 3 nitrogen and oxygen atoms in total. The second-order valence-electron chi connectivity index (χ2n) is 14.7. The van der Waals surface area contributed by atoms with E-state index in [0.717, 1.165) is 60.1 Å². The number of rotatable bonds is 5. The van der Waals surface area contributed by atoms with Gasteiger partial charge in [0.25, 0.3) is 0 Å². The molecule has 0 fully saturated rings. The van der Waals surface area contributed by atoms with Gasteiger partial charge in [0, 0.05) is 58.7 Å². The first-order chi connectivity index (χ1) is 26.8. The molecule has 0 spiro atoms. The monoisotopic (exact) mass is 711 g/mol. The molecule has 1 atom stereocenters. The average molecular weight is 712 g/mol. The van der Waals surface area contributed by atoms with Gasteiger partial charge in [-0.15, -0.1) is 11.3 Å². The molecule has 11 rings (SSSR count). The number of hydrogen-bond donors (Lipinski definition) is 0. The number of hydrogen-bond acceptors (Lipinski definition) is 3. The highest BCUT2D eigenvalue weighted by Gasteiger charge is 2.21. The van der Waals surface area contributed by atoms with E-state index in [1.807, 2.05) is 11.3 Å². The van der Waals surface area contributed by atoms with Crippen molar-refractivity contribution in [3.63, 3.8) is 0 Å². The molecule has 0 radical (unpaired) electrons. The summed E-state index contributed by atoms with van der Waals surface area (Å²) in [5, 5.41) is 7.79. The van der Waals surface area contributed by atoms with Crippen molar-refractivity contribution in [2.75, 3.05) is 0 Å². The van der Waals surface area contributed by atoms with Crippen LogP contribution in [0.4, 0.5) is 0 Å². The van der Waals surface area contributed by atoms with Crippen LogP contribution in [0.1, 0.15) is 49.3 Å². The number of nitrogens with zero attached hydrogens (tertiary/aromatic N) is 3. The molecule has 8 aromatic rings. The average Bonchev–Trinajstić information content (AvgIpc) is 3.79. The van der Waals surface area contributed by atoms with E-state index in [2.05, 4.69) is 162 Å². The van der Waals surface area contributed by atoms with Crippen molar-refractivity contribution < 1.29 is 0 Å². The zero-order valence-electron chi connectivity index (χ0n) is 29.9. The Kier molecular flexibility index (Phi) is 7.44. The van der Waals surface area contributed by atoms with Crippen LogP contribution in [0, 0.1) is 0 Å². The third-order valence-electron chi connectivity index (χ3n) is 11.6. The summed E-state index contributed by atoms with van der Waals surface area (Å²) in [7, 11) is 0. The number of thiophene rings is 1. The zero-order valence-corrected chi connectivity index (χ0v) is 30.7. The van der Waals surface area contributed by atoms with Crippen LogP contribution in [-0.4, -0.2) is 14.5 Å². The summed E-state index contributed by atoms with van der Waals surface area (Å²) in [4.78, 5) is 10.4. The minimum atomic E-state index is 0.262. The van der Waals surface area contributed by atoms with Gasteiger partial charge in [0.1, 0.15) is 0 Å². The highest BCUT2D eigenvalue weighted by atomic mass is 32.1. The Morgan fingerprint density at radius 3 is 2.24 bits per heavy atom. The van der Waals surface area contributed by atoms with E-state index in [1.165, 1.54) is 69.6 Å². The van der Waals surface area contributed by atoms with Crippen LogP contribution in [-0.2, 0) is 0 Å². The van der Waals surface area contributed by atoms with Gasteiger partial charge in [-0.3, -0.25) is 0 Å². The van der Waals surface area contributed by atoms with Crippen molar-refractivity contribution in [1.29, 1.82) is 0 Å². The second-order valence-corrected chi connectivity index (χ2v) is 15.8. The highest BCUT2D eigenvalue weighted by molar-refractivity contribution is 7.26. The molecule has 0 saturated heterocycles. The summed E-state index contributed by atoms with van der Waals surface area (Å²) in [6, 6.07) is 41.8. The van der Waals surface area contributed by atoms with Gasteiger partial charge < -0.3 is 4.57 Å². The van der Waals surface area contributed by atoms with Gasteiger partial charge >= 0.3 is 0 Å². The lowest BCUT2D eigenvalue weighted by Gasteiger charge is -2.19. The van der Waals surface area contributed by atoms with Gasteiger partial charge in [0.2, 0.25) is 0 Å². The number of aromatic nitrogens is 3. The first kappa shape index (κ1) is 31.4. The molecule has 4 heteroatoms. The Hall–Kier alpha value is -6.10. The summed E-state index contributed by atoms with van der Waals surface area (Å²) >= 11 is 1.89. The predicted octanol–water partition coefficient (Wildman–Crippen LogP) is 11.7. The molecular weight excluding hydrogens is 675 g/mol. The van der Waals surface area contributed by atoms with Gasteiger partial charge in [-0.05, 0) is 90.8 Å². The fourth-order valence-corrected chi connectivity index (χ4v) is 10.0. The maximum absolute atomic E-state index is 5.27. The number of benzene rings is 5. The number of para-hydroxylation sites is 2. The van der Waals surface area contributed by atoms with E-state index >= 15 is 0 Å². The molecule has 0 bridgehead atoms. The maximum atomic E-state index is 5.27. The standard InChI is InChI=1S/C50H37N3S/c1-3-11-32(12-4-1)33-19-23-35(24-20-33)49-39-15-7-9-17-42(39)51-50(52-49)36-25-21-34(22-26-36)37-27-28-43-41(31-37)47-44(53(43)38-13-5-2-6-14-38)29-30-46-48(47)40-16-8-10-18-45(40)54-46/h1-3,5-11,13-19,21-23,25-26,28-31,37H,4,12,20,24,27H2. The third kappa shape index (κ3) is 5.16. The topological polar surface area (TPSA) is 30.7 Å². The highest BCUT2D eigenvalue weighted by Crippen LogP contribution is 2.39. The smallest absolute Gasteiger partial charge is 0.160 e. The molecule has 54 heavy (non-hydrogen) atoms. The van der Waals surface area contributed by atoms with Crippen molar-refractivity contribution in [3.8, 4) is 17.1 Å². The first-order valence-electron chi connectivity index (χ1n) is 19.1. The van der Waals surface area contributed by atoms with Crippen LogP contribution in [0.3, 0.4) is 0 Å². The largest absolute Gasteiger partial charge is 0.310 e. The summed E-state index contributed by atoms with van der Waals surface area (Å²) in [6.07, 6.45) is 21.6. The Morgan fingerprint density at radius 2 is 1.41 bits per heavy atom. The summed E-state index contributed by atoms with van der Waals surface area (Å²) in [6.45, 7) is 0.